The fourth-order valence-corrected chi connectivity index (χ4v) is 3.98. The fraction of sp³-hybridized carbons (Fsp3) is 0.286. The maximum absolute atomic E-state index is 11.4. The van der Waals surface area contributed by atoms with Gasteiger partial charge in [-0.3, -0.25) is 9.97 Å². The van der Waals surface area contributed by atoms with Crippen LogP contribution in [0.4, 0.5) is 16.4 Å². The molecule has 1 aromatic carbocycles. The van der Waals surface area contributed by atoms with E-state index in [0.29, 0.717) is 30.9 Å². The Hall–Kier alpha value is -3.55. The van der Waals surface area contributed by atoms with E-state index in [2.05, 4.69) is 30.0 Å². The summed E-state index contributed by atoms with van der Waals surface area (Å²) in [5.74, 6) is 0.373. The number of rotatable bonds is 8. The summed E-state index contributed by atoms with van der Waals surface area (Å²) in [5, 5.41) is 12.5. The zero-order chi connectivity index (χ0) is 25.0. The number of fused-ring (bicyclic) bond motifs is 1. The number of hydrogen-bond acceptors (Lipinski definition) is 9. The molecule has 3 aromatic rings. The minimum absolute atomic E-state index is 0.0295. The van der Waals surface area contributed by atoms with Gasteiger partial charge >= 0.3 is 6.09 Å². The molecule has 0 atom stereocenters. The first-order chi connectivity index (χ1) is 16.7. The van der Waals surface area contributed by atoms with Crippen molar-refractivity contribution >= 4 is 39.4 Å². The Morgan fingerprint density at radius 2 is 1.97 bits per heavy atom. The van der Waals surface area contributed by atoms with Crippen molar-refractivity contribution in [2.24, 2.45) is 0 Å². The number of benzene rings is 1. The zero-order valence-corrected chi connectivity index (χ0v) is 20.2. The molecule has 0 bridgehead atoms. The number of anilines is 2. The van der Waals surface area contributed by atoms with Crippen LogP contribution in [0.5, 0.6) is 5.88 Å². The molecular formula is C21H22ClN7O5S. The quantitative estimate of drug-likeness (QED) is 0.403. The Kier molecular flexibility index (Phi) is 7.28. The predicted molar refractivity (Wildman–Crippen MR) is 127 cm³/mol. The average molecular weight is 520 g/mol. The van der Waals surface area contributed by atoms with E-state index in [1.54, 1.807) is 0 Å². The number of nitrogens with one attached hydrogen (secondary N) is 2. The van der Waals surface area contributed by atoms with E-state index < -0.39 is 16.1 Å². The second-order valence-electron chi connectivity index (χ2n) is 7.74. The van der Waals surface area contributed by atoms with Gasteiger partial charge in [0, 0.05) is 31.2 Å². The Balaban J connectivity index is 1.45. The first-order valence-corrected chi connectivity index (χ1v) is 12.7. The Morgan fingerprint density at radius 3 is 2.71 bits per heavy atom. The second kappa shape index (κ2) is 10.4. The maximum atomic E-state index is 11.4. The van der Waals surface area contributed by atoms with Crippen LogP contribution in [-0.4, -0.2) is 57.3 Å². The van der Waals surface area contributed by atoms with Crippen LogP contribution in [0.15, 0.2) is 36.8 Å². The molecule has 0 spiro atoms. The van der Waals surface area contributed by atoms with Crippen LogP contribution in [0.25, 0.3) is 0 Å². The molecule has 35 heavy (non-hydrogen) atoms. The van der Waals surface area contributed by atoms with Crippen LogP contribution in [0.1, 0.15) is 22.5 Å². The number of nitrogens with zero attached hydrogens (tertiary/aromatic N) is 5. The lowest BCUT2D eigenvalue weighted by atomic mass is 9.99. The van der Waals surface area contributed by atoms with Gasteiger partial charge in [0.25, 0.3) is 0 Å². The first-order valence-electron chi connectivity index (χ1n) is 10.4. The molecule has 1 aliphatic heterocycles. The van der Waals surface area contributed by atoms with Crippen molar-refractivity contribution in [1.29, 1.82) is 0 Å². The molecule has 0 aliphatic carbocycles. The highest BCUT2D eigenvalue weighted by atomic mass is 35.5. The lowest BCUT2D eigenvalue weighted by Gasteiger charge is -2.26. The Labute approximate surface area is 206 Å². The van der Waals surface area contributed by atoms with E-state index in [4.69, 9.17) is 16.3 Å². The van der Waals surface area contributed by atoms with Crippen molar-refractivity contribution in [1.82, 2.24) is 29.6 Å². The summed E-state index contributed by atoms with van der Waals surface area (Å²) in [6.07, 6.45) is 5.07. The third kappa shape index (κ3) is 6.53. The summed E-state index contributed by atoms with van der Waals surface area (Å²) in [5.41, 5.74) is 3.59. The predicted octanol–water partition coefficient (Wildman–Crippen LogP) is 2.33. The summed E-state index contributed by atoms with van der Waals surface area (Å²) in [4.78, 5) is 29.5. The molecule has 184 valence electrons. The number of sulfonamides is 1. The molecule has 0 saturated carbocycles. The van der Waals surface area contributed by atoms with Crippen LogP contribution in [0.3, 0.4) is 0 Å². The van der Waals surface area contributed by atoms with Crippen molar-refractivity contribution in [2.75, 3.05) is 18.1 Å². The molecule has 0 radical (unpaired) electrons. The lowest BCUT2D eigenvalue weighted by Crippen LogP contribution is -2.34. The average Bonchev–Trinajstić information content (AvgIpc) is 2.82. The van der Waals surface area contributed by atoms with Crippen molar-refractivity contribution < 1.29 is 23.1 Å². The van der Waals surface area contributed by atoms with Gasteiger partial charge in [0.05, 0.1) is 24.7 Å². The van der Waals surface area contributed by atoms with Crippen LogP contribution in [-0.2, 0) is 36.1 Å². The molecule has 3 N–H and O–H groups in total. The largest absolute Gasteiger partial charge is 0.470 e. The number of aromatic nitrogens is 4. The fourth-order valence-electron chi connectivity index (χ4n) is 3.44. The van der Waals surface area contributed by atoms with Gasteiger partial charge < -0.3 is 20.1 Å². The standard InChI is InChI=1S/C21H22ClN7O5S/c1-35(32,33)26-10-17-18(24-6-5-23-17)12-34-19-16(22)9-25-20(28-19)27-15-3-2-14-11-29(21(30)31)7-4-13(14)8-15/h2-3,5-6,8-9,26H,4,7,10-12H2,1H3,(H,30,31)(H,25,27,28). The zero-order valence-electron chi connectivity index (χ0n) is 18.6. The third-order valence-electron chi connectivity index (χ3n) is 5.17. The Bertz CT molecular complexity index is 1360. The second-order valence-corrected chi connectivity index (χ2v) is 9.98. The van der Waals surface area contributed by atoms with Crippen LogP contribution in [0, 0.1) is 0 Å². The van der Waals surface area contributed by atoms with Crippen molar-refractivity contribution in [3.8, 4) is 5.88 Å². The van der Waals surface area contributed by atoms with Gasteiger partial charge in [-0.25, -0.2) is 22.9 Å². The first kappa shape index (κ1) is 24.6. The molecule has 12 nitrogen and oxygen atoms in total. The number of carboxylic acid groups (broad SMARTS) is 1. The minimum atomic E-state index is -3.40. The van der Waals surface area contributed by atoms with Gasteiger partial charge in [-0.05, 0) is 29.7 Å². The number of amides is 1. The van der Waals surface area contributed by atoms with Crippen molar-refractivity contribution in [3.63, 3.8) is 0 Å². The number of halogens is 1. The van der Waals surface area contributed by atoms with Gasteiger partial charge in [0.15, 0.2) is 0 Å². The topological polar surface area (TPSA) is 160 Å². The molecule has 4 rings (SSSR count). The molecule has 0 saturated heterocycles. The summed E-state index contributed by atoms with van der Waals surface area (Å²) in [7, 11) is -3.40. The van der Waals surface area contributed by atoms with Crippen molar-refractivity contribution in [2.45, 2.75) is 26.1 Å². The highest BCUT2D eigenvalue weighted by molar-refractivity contribution is 7.88. The van der Waals surface area contributed by atoms with Crippen LogP contribution in [0.2, 0.25) is 5.02 Å². The molecular weight excluding hydrogens is 498 g/mol. The van der Waals surface area contributed by atoms with Crippen LogP contribution < -0.4 is 14.8 Å². The third-order valence-corrected chi connectivity index (χ3v) is 6.09. The minimum Gasteiger partial charge on any atom is -0.470 e. The van der Waals surface area contributed by atoms with Gasteiger partial charge in [0.2, 0.25) is 21.9 Å². The summed E-state index contributed by atoms with van der Waals surface area (Å²) < 4.78 is 30.9. The van der Waals surface area contributed by atoms with E-state index in [-0.39, 0.29) is 30.0 Å². The van der Waals surface area contributed by atoms with Gasteiger partial charge in [0.1, 0.15) is 17.3 Å². The Morgan fingerprint density at radius 1 is 1.20 bits per heavy atom. The molecule has 14 heteroatoms. The molecule has 0 unspecified atom stereocenters. The summed E-state index contributed by atoms with van der Waals surface area (Å²) >= 11 is 6.20. The smallest absolute Gasteiger partial charge is 0.407 e. The lowest BCUT2D eigenvalue weighted by molar-refractivity contribution is 0.140. The molecule has 1 amide bonds. The normalized spacial score (nSPS) is 13.3. The van der Waals surface area contributed by atoms with E-state index in [9.17, 15) is 18.3 Å². The molecule has 3 heterocycles. The monoisotopic (exact) mass is 519 g/mol. The SMILES string of the molecule is CS(=O)(=O)NCc1nccnc1COc1nc(Nc2ccc3c(c2)CCN(C(=O)O)C3)ncc1Cl. The van der Waals surface area contributed by atoms with Crippen molar-refractivity contribution in [3.05, 3.63) is 64.3 Å². The van der Waals surface area contributed by atoms with Gasteiger partial charge in [-0.1, -0.05) is 17.7 Å². The highest BCUT2D eigenvalue weighted by Crippen LogP contribution is 2.27. The molecule has 2 aromatic heterocycles. The number of carbonyl (C=O) groups is 1. The molecule has 0 fully saturated rings. The van der Waals surface area contributed by atoms with E-state index in [1.165, 1.54) is 23.5 Å². The summed E-state index contributed by atoms with van der Waals surface area (Å²) in [6.45, 7) is 0.720. The summed E-state index contributed by atoms with van der Waals surface area (Å²) in [6, 6.07) is 5.64. The highest BCUT2D eigenvalue weighted by Gasteiger charge is 2.20. The van der Waals surface area contributed by atoms with E-state index in [0.717, 1.165) is 23.1 Å². The maximum Gasteiger partial charge on any atom is 0.407 e. The molecule has 1 aliphatic rings. The van der Waals surface area contributed by atoms with Gasteiger partial charge in [-0.2, -0.15) is 4.98 Å². The van der Waals surface area contributed by atoms with E-state index in [1.807, 2.05) is 18.2 Å². The van der Waals surface area contributed by atoms with E-state index >= 15 is 0 Å². The number of hydrogen-bond donors (Lipinski definition) is 3. The van der Waals surface area contributed by atoms with Gasteiger partial charge in [-0.15, -0.1) is 0 Å². The van der Waals surface area contributed by atoms with Crippen LogP contribution >= 0.6 is 11.6 Å². The number of ether oxygens (including phenoxy) is 1.